The number of anilines is 1. The third-order valence-corrected chi connectivity index (χ3v) is 3.23. The second-order valence-corrected chi connectivity index (χ2v) is 5.00. The van der Waals surface area contributed by atoms with Gasteiger partial charge < -0.3 is 4.90 Å². The Labute approximate surface area is 138 Å². The summed E-state index contributed by atoms with van der Waals surface area (Å²) >= 11 is 0. The summed E-state index contributed by atoms with van der Waals surface area (Å²) in [5.74, 6) is -0.947. The van der Waals surface area contributed by atoms with Crippen molar-refractivity contribution < 1.29 is 14.5 Å². The van der Waals surface area contributed by atoms with Gasteiger partial charge in [0, 0.05) is 30.4 Å². The first-order chi connectivity index (χ1) is 11.5. The molecule has 0 aliphatic heterocycles. The van der Waals surface area contributed by atoms with Crippen molar-refractivity contribution in [1.82, 2.24) is 10.9 Å². The number of hydrogen-bond donors (Lipinski definition) is 2. The molecule has 0 aliphatic carbocycles. The zero-order chi connectivity index (χ0) is 17.5. The van der Waals surface area contributed by atoms with Crippen molar-refractivity contribution in [2.45, 2.75) is 0 Å². The van der Waals surface area contributed by atoms with Gasteiger partial charge in [0.25, 0.3) is 17.5 Å². The predicted molar refractivity (Wildman–Crippen MR) is 88.4 cm³/mol. The Morgan fingerprint density at radius 2 is 1.67 bits per heavy atom. The molecular weight excluding hydrogens is 312 g/mol. The van der Waals surface area contributed by atoms with E-state index in [0.717, 1.165) is 5.69 Å². The number of rotatable bonds is 5. The minimum atomic E-state index is -0.555. The first kappa shape index (κ1) is 16.9. The number of carbonyl (C=O) groups excluding carboxylic acids is 2. The minimum absolute atomic E-state index is 0.0601. The van der Waals surface area contributed by atoms with E-state index in [9.17, 15) is 19.7 Å². The van der Waals surface area contributed by atoms with Crippen molar-refractivity contribution in [3.05, 3.63) is 70.3 Å². The first-order valence-electron chi connectivity index (χ1n) is 7.07. The Hall–Kier alpha value is -3.42. The number of nitro benzene ring substituents is 1. The van der Waals surface area contributed by atoms with E-state index in [4.69, 9.17) is 0 Å². The number of nitrogens with one attached hydrogen (secondary N) is 2. The Morgan fingerprint density at radius 3 is 2.25 bits per heavy atom. The van der Waals surface area contributed by atoms with Crippen LogP contribution in [0.15, 0.2) is 54.6 Å². The number of para-hydroxylation sites is 1. The highest BCUT2D eigenvalue weighted by molar-refractivity contribution is 5.95. The molecule has 0 saturated heterocycles. The number of hydrazine groups is 1. The third kappa shape index (κ3) is 4.54. The molecule has 24 heavy (non-hydrogen) atoms. The maximum Gasteiger partial charge on any atom is 0.269 e. The Balaban J connectivity index is 1.84. The maximum absolute atomic E-state index is 11.9. The average Bonchev–Trinajstić information content (AvgIpc) is 2.60. The van der Waals surface area contributed by atoms with Crippen LogP contribution in [0.3, 0.4) is 0 Å². The lowest BCUT2D eigenvalue weighted by molar-refractivity contribution is -0.384. The second kappa shape index (κ2) is 7.73. The summed E-state index contributed by atoms with van der Waals surface area (Å²) in [6.07, 6.45) is 0. The van der Waals surface area contributed by atoms with Gasteiger partial charge >= 0.3 is 0 Å². The van der Waals surface area contributed by atoms with Crippen LogP contribution in [0.4, 0.5) is 11.4 Å². The number of nitrogens with zero attached hydrogens (tertiary/aromatic N) is 2. The zero-order valence-electron chi connectivity index (χ0n) is 12.9. The molecule has 0 aliphatic rings. The van der Waals surface area contributed by atoms with E-state index >= 15 is 0 Å². The summed E-state index contributed by atoms with van der Waals surface area (Å²) in [6, 6.07) is 14.4. The molecule has 8 heteroatoms. The third-order valence-electron chi connectivity index (χ3n) is 3.23. The molecule has 0 aromatic heterocycles. The van der Waals surface area contributed by atoms with Gasteiger partial charge in [-0.05, 0) is 24.3 Å². The molecule has 8 nitrogen and oxygen atoms in total. The van der Waals surface area contributed by atoms with Crippen LogP contribution in [0, 0.1) is 10.1 Å². The van der Waals surface area contributed by atoms with Crippen LogP contribution < -0.4 is 15.8 Å². The summed E-state index contributed by atoms with van der Waals surface area (Å²) in [4.78, 5) is 35.5. The highest BCUT2D eigenvalue weighted by Crippen LogP contribution is 2.12. The van der Waals surface area contributed by atoms with Gasteiger partial charge in [-0.1, -0.05) is 18.2 Å². The second-order valence-electron chi connectivity index (χ2n) is 5.00. The minimum Gasteiger partial charge on any atom is -0.365 e. The van der Waals surface area contributed by atoms with Crippen molar-refractivity contribution in [1.29, 1.82) is 0 Å². The molecule has 0 unspecified atom stereocenters. The number of benzene rings is 2. The lowest BCUT2D eigenvalue weighted by Gasteiger charge is -2.18. The number of non-ortho nitro benzene ring substituents is 1. The molecule has 2 aromatic rings. The van der Waals surface area contributed by atoms with Crippen LogP contribution in [-0.4, -0.2) is 30.3 Å². The zero-order valence-corrected chi connectivity index (χ0v) is 12.9. The maximum atomic E-state index is 11.9. The van der Waals surface area contributed by atoms with Crippen LogP contribution in [0.1, 0.15) is 10.4 Å². The molecule has 0 saturated carbocycles. The number of nitro groups is 1. The molecule has 0 radical (unpaired) electrons. The van der Waals surface area contributed by atoms with E-state index in [0.29, 0.717) is 0 Å². The van der Waals surface area contributed by atoms with E-state index in [-0.39, 0.29) is 17.8 Å². The number of amides is 2. The monoisotopic (exact) mass is 328 g/mol. The van der Waals surface area contributed by atoms with Crippen LogP contribution in [0.5, 0.6) is 0 Å². The number of carbonyl (C=O) groups is 2. The predicted octanol–water partition coefficient (Wildman–Crippen LogP) is 1.49. The molecule has 2 amide bonds. The smallest absolute Gasteiger partial charge is 0.269 e. The number of hydrogen-bond acceptors (Lipinski definition) is 5. The standard InChI is InChI=1S/C16H16N4O4/c1-19(13-5-3-2-4-6-13)11-15(21)17-18-16(22)12-7-9-14(10-8-12)20(23)24/h2-10H,11H2,1H3,(H,17,21)(H,18,22). The molecule has 0 atom stereocenters. The van der Waals surface area contributed by atoms with Gasteiger partial charge in [0.05, 0.1) is 11.5 Å². The lowest BCUT2D eigenvalue weighted by Crippen LogP contribution is -2.45. The molecule has 2 N–H and O–H groups in total. The summed E-state index contributed by atoms with van der Waals surface area (Å²) in [6.45, 7) is 0.0601. The summed E-state index contributed by atoms with van der Waals surface area (Å²) in [5.41, 5.74) is 5.54. The molecule has 0 bridgehead atoms. The van der Waals surface area contributed by atoms with E-state index < -0.39 is 16.7 Å². The molecule has 0 fully saturated rings. The summed E-state index contributed by atoms with van der Waals surface area (Å²) < 4.78 is 0. The topological polar surface area (TPSA) is 105 Å². The molecule has 124 valence electrons. The quantitative estimate of drug-likeness (QED) is 0.639. The largest absolute Gasteiger partial charge is 0.365 e. The first-order valence-corrected chi connectivity index (χ1v) is 7.07. The van der Waals surface area contributed by atoms with E-state index in [1.807, 2.05) is 30.3 Å². The van der Waals surface area contributed by atoms with Gasteiger partial charge in [-0.2, -0.15) is 0 Å². The fraction of sp³-hybridized carbons (Fsp3) is 0.125. The van der Waals surface area contributed by atoms with Crippen molar-refractivity contribution in [3.8, 4) is 0 Å². The fourth-order valence-corrected chi connectivity index (χ4v) is 1.96. The highest BCUT2D eigenvalue weighted by atomic mass is 16.6. The van der Waals surface area contributed by atoms with Gasteiger partial charge in [0.15, 0.2) is 0 Å². The number of likely N-dealkylation sites (N-methyl/N-ethyl adjacent to an activating group) is 1. The van der Waals surface area contributed by atoms with Crippen LogP contribution in [0.2, 0.25) is 0 Å². The molecular formula is C16H16N4O4. The average molecular weight is 328 g/mol. The van der Waals surface area contributed by atoms with Crippen LogP contribution >= 0.6 is 0 Å². The van der Waals surface area contributed by atoms with Crippen molar-refractivity contribution in [2.24, 2.45) is 0 Å². The SMILES string of the molecule is CN(CC(=O)NNC(=O)c1ccc([N+](=O)[O-])cc1)c1ccccc1. The Bertz CT molecular complexity index is 732. The molecule has 0 spiro atoms. The molecule has 0 heterocycles. The van der Waals surface area contributed by atoms with Gasteiger partial charge in [0.2, 0.25) is 0 Å². The van der Waals surface area contributed by atoms with Crippen molar-refractivity contribution in [2.75, 3.05) is 18.5 Å². The van der Waals surface area contributed by atoms with Crippen LogP contribution in [0.25, 0.3) is 0 Å². The van der Waals surface area contributed by atoms with Gasteiger partial charge in [-0.3, -0.25) is 30.6 Å². The van der Waals surface area contributed by atoms with E-state index in [1.165, 1.54) is 24.3 Å². The van der Waals surface area contributed by atoms with Gasteiger partial charge in [0.1, 0.15) is 0 Å². The molecule has 2 rings (SSSR count). The van der Waals surface area contributed by atoms with Crippen molar-refractivity contribution >= 4 is 23.2 Å². The Morgan fingerprint density at radius 1 is 1.04 bits per heavy atom. The van der Waals surface area contributed by atoms with E-state index in [2.05, 4.69) is 10.9 Å². The van der Waals surface area contributed by atoms with Crippen LogP contribution in [-0.2, 0) is 4.79 Å². The highest BCUT2D eigenvalue weighted by Gasteiger charge is 2.11. The normalized spacial score (nSPS) is 9.88. The summed E-state index contributed by atoms with van der Waals surface area (Å²) in [5, 5.41) is 10.6. The lowest BCUT2D eigenvalue weighted by atomic mass is 10.2. The van der Waals surface area contributed by atoms with E-state index in [1.54, 1.807) is 11.9 Å². The molecule has 2 aromatic carbocycles. The van der Waals surface area contributed by atoms with Crippen molar-refractivity contribution in [3.63, 3.8) is 0 Å². The Kier molecular flexibility index (Phi) is 5.45. The fourth-order valence-electron chi connectivity index (χ4n) is 1.96. The van der Waals surface area contributed by atoms with Gasteiger partial charge in [-0.25, -0.2) is 0 Å². The summed E-state index contributed by atoms with van der Waals surface area (Å²) in [7, 11) is 1.76. The van der Waals surface area contributed by atoms with Gasteiger partial charge in [-0.15, -0.1) is 0 Å².